The Hall–Kier alpha value is -2.07. The molecule has 0 amide bonds. The summed E-state index contributed by atoms with van der Waals surface area (Å²) < 4.78 is 18.8. The van der Waals surface area contributed by atoms with Crippen molar-refractivity contribution in [3.63, 3.8) is 0 Å². The lowest BCUT2D eigenvalue weighted by Crippen LogP contribution is -2.20. The topological polar surface area (TPSA) is 33.3 Å². The Labute approximate surface area is 112 Å². The lowest BCUT2D eigenvalue weighted by atomic mass is 10.2. The van der Waals surface area contributed by atoms with Crippen molar-refractivity contribution >= 4 is 5.69 Å². The van der Waals surface area contributed by atoms with Gasteiger partial charge < -0.3 is 10.2 Å². The molecule has 2 N–H and O–H groups in total. The van der Waals surface area contributed by atoms with Gasteiger partial charge in [-0.1, -0.05) is 24.3 Å². The molecule has 0 spiro atoms. The number of hydrogen-bond donors (Lipinski definition) is 2. The van der Waals surface area contributed by atoms with Crippen molar-refractivity contribution in [1.29, 1.82) is 0 Å². The number of hydrazine groups is 1. The van der Waals surface area contributed by atoms with Gasteiger partial charge in [-0.05, 0) is 36.8 Å². The Balaban J connectivity index is 1.88. The molecule has 2 rings (SSSR count). The van der Waals surface area contributed by atoms with E-state index in [1.807, 2.05) is 43.3 Å². The minimum atomic E-state index is -0.333. The molecule has 0 unspecified atom stereocenters. The molecule has 100 valence electrons. The van der Waals surface area contributed by atoms with Gasteiger partial charge in [-0.15, -0.1) is 0 Å². The molecule has 0 saturated carbocycles. The molecule has 0 aliphatic rings. The first-order valence-electron chi connectivity index (χ1n) is 6.24. The summed E-state index contributed by atoms with van der Waals surface area (Å²) in [4.78, 5) is 0. The summed E-state index contributed by atoms with van der Waals surface area (Å²) in [6.45, 7) is 2.82. The summed E-state index contributed by atoms with van der Waals surface area (Å²) in [5.41, 5.74) is 7.91. The highest BCUT2D eigenvalue weighted by atomic mass is 19.1. The van der Waals surface area contributed by atoms with Gasteiger partial charge in [-0.3, -0.25) is 0 Å². The Morgan fingerprint density at radius 2 is 1.89 bits per heavy atom. The van der Waals surface area contributed by atoms with E-state index in [4.69, 9.17) is 4.74 Å². The maximum absolute atomic E-state index is 13.6. The average Bonchev–Trinajstić information content (AvgIpc) is 2.43. The van der Waals surface area contributed by atoms with Gasteiger partial charge in [0, 0.05) is 12.2 Å². The number of halogens is 1. The molecule has 0 aliphatic heterocycles. The Morgan fingerprint density at radius 1 is 1.11 bits per heavy atom. The quantitative estimate of drug-likeness (QED) is 0.781. The molecule has 0 radical (unpaired) electrons. The zero-order valence-electron chi connectivity index (χ0n) is 10.8. The van der Waals surface area contributed by atoms with Crippen LogP contribution in [-0.2, 0) is 6.54 Å². The summed E-state index contributed by atoms with van der Waals surface area (Å²) in [7, 11) is 0. The fourth-order valence-electron chi connectivity index (χ4n) is 1.70. The number of rotatable bonds is 6. The Morgan fingerprint density at radius 3 is 2.58 bits per heavy atom. The van der Waals surface area contributed by atoms with Gasteiger partial charge in [0.25, 0.3) is 0 Å². The summed E-state index contributed by atoms with van der Waals surface area (Å²) in [5, 5.41) is 0. The predicted octanol–water partition coefficient (Wildman–Crippen LogP) is 3.34. The molecule has 4 heteroatoms. The van der Waals surface area contributed by atoms with E-state index in [2.05, 4.69) is 10.9 Å². The molecule has 2 aromatic rings. The summed E-state index contributed by atoms with van der Waals surface area (Å²) in [6, 6.07) is 14.7. The van der Waals surface area contributed by atoms with E-state index in [1.165, 1.54) is 6.07 Å². The molecule has 3 nitrogen and oxygen atoms in total. The van der Waals surface area contributed by atoms with Crippen molar-refractivity contribution in [3.8, 4) is 5.75 Å². The lowest BCUT2D eigenvalue weighted by molar-refractivity contribution is 0.321. The molecule has 0 aliphatic carbocycles. The third-order valence-electron chi connectivity index (χ3n) is 2.60. The van der Waals surface area contributed by atoms with Crippen molar-refractivity contribution in [3.05, 3.63) is 59.9 Å². The van der Waals surface area contributed by atoms with Crippen molar-refractivity contribution in [1.82, 2.24) is 5.43 Å². The molecular weight excluding hydrogens is 243 g/mol. The van der Waals surface area contributed by atoms with Crippen molar-refractivity contribution < 1.29 is 9.13 Å². The number of hydrogen-bond acceptors (Lipinski definition) is 3. The summed E-state index contributed by atoms with van der Waals surface area (Å²) in [6.07, 6.45) is 0. The Kier molecular flexibility index (Phi) is 4.75. The van der Waals surface area contributed by atoms with E-state index >= 15 is 0 Å². The van der Waals surface area contributed by atoms with Crippen LogP contribution in [0.25, 0.3) is 0 Å². The molecule has 0 saturated heterocycles. The Bertz CT molecular complexity index is 517. The SMILES string of the molecule is CCOc1ccc(CNNc2ccccc2)cc1F. The molecule has 0 bridgehead atoms. The minimum Gasteiger partial charge on any atom is -0.491 e. The zero-order valence-corrected chi connectivity index (χ0v) is 10.8. The van der Waals surface area contributed by atoms with E-state index in [0.29, 0.717) is 18.9 Å². The van der Waals surface area contributed by atoms with Gasteiger partial charge in [0.05, 0.1) is 6.61 Å². The average molecular weight is 260 g/mol. The second-order valence-corrected chi connectivity index (χ2v) is 4.04. The van der Waals surface area contributed by atoms with Crippen LogP contribution in [0.3, 0.4) is 0 Å². The number of nitrogens with one attached hydrogen (secondary N) is 2. The third kappa shape index (κ3) is 3.96. The summed E-state index contributed by atoms with van der Waals surface area (Å²) >= 11 is 0. The number of benzene rings is 2. The zero-order chi connectivity index (χ0) is 13.5. The number of anilines is 1. The highest BCUT2D eigenvalue weighted by molar-refractivity contribution is 5.41. The van der Waals surface area contributed by atoms with Gasteiger partial charge in [0.2, 0.25) is 0 Å². The van der Waals surface area contributed by atoms with E-state index < -0.39 is 0 Å². The van der Waals surface area contributed by atoms with Crippen LogP contribution in [0.1, 0.15) is 12.5 Å². The summed E-state index contributed by atoms with van der Waals surface area (Å²) in [5.74, 6) is -0.0388. The maximum Gasteiger partial charge on any atom is 0.165 e. The van der Waals surface area contributed by atoms with Crippen molar-refractivity contribution in [2.75, 3.05) is 12.0 Å². The van der Waals surface area contributed by atoms with Crippen LogP contribution in [0.5, 0.6) is 5.75 Å². The van der Waals surface area contributed by atoms with Gasteiger partial charge in [0.1, 0.15) is 0 Å². The van der Waals surface area contributed by atoms with Gasteiger partial charge in [0.15, 0.2) is 11.6 Å². The highest BCUT2D eigenvalue weighted by Gasteiger charge is 2.03. The second kappa shape index (κ2) is 6.75. The van der Waals surface area contributed by atoms with Crippen LogP contribution in [-0.4, -0.2) is 6.61 Å². The van der Waals surface area contributed by atoms with Crippen LogP contribution >= 0.6 is 0 Å². The molecular formula is C15H17FN2O. The van der Waals surface area contributed by atoms with E-state index in [-0.39, 0.29) is 5.82 Å². The highest BCUT2D eigenvalue weighted by Crippen LogP contribution is 2.18. The van der Waals surface area contributed by atoms with Crippen LogP contribution in [0.15, 0.2) is 48.5 Å². The van der Waals surface area contributed by atoms with E-state index in [1.54, 1.807) is 6.07 Å². The first kappa shape index (κ1) is 13.4. The minimum absolute atomic E-state index is 0.294. The first-order chi connectivity index (χ1) is 9.29. The fourth-order valence-corrected chi connectivity index (χ4v) is 1.70. The second-order valence-electron chi connectivity index (χ2n) is 4.04. The largest absolute Gasteiger partial charge is 0.491 e. The lowest BCUT2D eigenvalue weighted by Gasteiger charge is -2.10. The molecule has 19 heavy (non-hydrogen) atoms. The molecule has 0 atom stereocenters. The van der Waals surface area contributed by atoms with Crippen LogP contribution in [0.2, 0.25) is 0 Å². The smallest absolute Gasteiger partial charge is 0.165 e. The van der Waals surface area contributed by atoms with E-state index in [0.717, 1.165) is 11.3 Å². The third-order valence-corrected chi connectivity index (χ3v) is 2.60. The maximum atomic E-state index is 13.6. The fraction of sp³-hybridized carbons (Fsp3) is 0.200. The molecule has 0 fully saturated rings. The first-order valence-corrected chi connectivity index (χ1v) is 6.24. The normalized spacial score (nSPS) is 10.2. The van der Waals surface area contributed by atoms with Gasteiger partial charge in [-0.2, -0.15) is 0 Å². The standard InChI is InChI=1S/C15H17FN2O/c1-2-19-15-9-8-12(10-14(15)16)11-17-18-13-6-4-3-5-7-13/h3-10,17-18H,2,11H2,1H3. The predicted molar refractivity (Wildman–Crippen MR) is 74.5 cm³/mol. The number of para-hydroxylation sites is 1. The number of ether oxygens (including phenoxy) is 1. The molecule has 0 aromatic heterocycles. The van der Waals surface area contributed by atoms with Gasteiger partial charge >= 0.3 is 0 Å². The van der Waals surface area contributed by atoms with Gasteiger partial charge in [-0.25, -0.2) is 9.82 Å². The van der Waals surface area contributed by atoms with Crippen LogP contribution in [0.4, 0.5) is 10.1 Å². The van der Waals surface area contributed by atoms with Crippen LogP contribution in [0, 0.1) is 5.82 Å². The van der Waals surface area contributed by atoms with Crippen molar-refractivity contribution in [2.24, 2.45) is 0 Å². The molecule has 2 aromatic carbocycles. The molecule has 0 heterocycles. The van der Waals surface area contributed by atoms with Crippen LogP contribution < -0.4 is 15.6 Å². The van der Waals surface area contributed by atoms with E-state index in [9.17, 15) is 4.39 Å². The van der Waals surface area contributed by atoms with Crippen molar-refractivity contribution in [2.45, 2.75) is 13.5 Å². The monoisotopic (exact) mass is 260 g/mol.